The van der Waals surface area contributed by atoms with Crippen LogP contribution in [-0.2, 0) is 20.9 Å². The molecule has 0 amide bonds. The lowest BCUT2D eigenvalue weighted by Crippen LogP contribution is -2.36. The molecule has 1 fully saturated rings. The first-order chi connectivity index (χ1) is 13.6. The highest BCUT2D eigenvalue weighted by molar-refractivity contribution is 6.16. The highest BCUT2D eigenvalue weighted by Gasteiger charge is 2.19. The monoisotopic (exact) mass is 384 g/mol. The van der Waals surface area contributed by atoms with Gasteiger partial charge in [-0.05, 0) is 24.1 Å². The predicted octanol–water partition coefficient (Wildman–Crippen LogP) is 2.96. The molecule has 0 unspecified atom stereocenters. The number of aliphatic carboxylic acids is 1. The van der Waals surface area contributed by atoms with Crippen molar-refractivity contribution in [2.45, 2.75) is 13.5 Å². The molecule has 1 aliphatic heterocycles. The maximum atomic E-state index is 11.7. The molecule has 1 aromatic carbocycles. The molecule has 0 aliphatic carbocycles. The summed E-state index contributed by atoms with van der Waals surface area (Å²) in [5.41, 5.74) is 2.47. The number of anilines is 1. The molecule has 3 rings (SSSR count). The van der Waals surface area contributed by atoms with Gasteiger partial charge in [-0.15, -0.1) is 0 Å². The first-order valence-corrected chi connectivity index (χ1v) is 9.08. The van der Waals surface area contributed by atoms with Crippen LogP contribution in [0.25, 0.3) is 5.57 Å². The van der Waals surface area contributed by atoms with Crippen LogP contribution in [0.4, 0.5) is 5.69 Å². The summed E-state index contributed by atoms with van der Waals surface area (Å²) in [6.45, 7) is 4.96. The number of aromatic nitrogens is 1. The Morgan fingerprint density at radius 2 is 1.96 bits per heavy atom. The molecule has 1 aliphatic rings. The van der Waals surface area contributed by atoms with Gasteiger partial charge in [-0.2, -0.15) is 0 Å². The topological polar surface area (TPSA) is 81.1 Å². The summed E-state index contributed by atoms with van der Waals surface area (Å²) < 4.78 is 16.3. The Bertz CT molecular complexity index is 842. The highest BCUT2D eigenvalue weighted by atomic mass is 16.5. The number of hydrogen-bond acceptors (Lipinski definition) is 6. The number of hydrogen-bond donors (Lipinski definition) is 1. The van der Waals surface area contributed by atoms with Crippen LogP contribution in [0, 0.1) is 0 Å². The van der Waals surface area contributed by atoms with Gasteiger partial charge in [0.05, 0.1) is 32.2 Å². The number of carboxylic acids is 1. The molecule has 148 valence electrons. The second-order valence-corrected chi connectivity index (χ2v) is 6.34. The number of methoxy groups -OCH3 is 1. The number of morpholine rings is 1. The lowest BCUT2D eigenvalue weighted by Gasteiger charge is -2.28. The SMILES string of the molecule is CO/C(C)=C(/C(=O)O)c1ccccc1COc1ccc(N2CCOCC2)cn1. The van der Waals surface area contributed by atoms with E-state index >= 15 is 0 Å². The molecule has 0 atom stereocenters. The van der Waals surface area contributed by atoms with Crippen molar-refractivity contribution in [3.8, 4) is 5.88 Å². The molecule has 2 heterocycles. The van der Waals surface area contributed by atoms with Crippen LogP contribution in [0.1, 0.15) is 18.1 Å². The van der Waals surface area contributed by atoms with Gasteiger partial charge in [0.15, 0.2) is 0 Å². The Labute approximate surface area is 164 Å². The molecule has 1 saturated heterocycles. The van der Waals surface area contributed by atoms with Crippen molar-refractivity contribution >= 4 is 17.2 Å². The van der Waals surface area contributed by atoms with Crippen molar-refractivity contribution < 1.29 is 24.1 Å². The smallest absolute Gasteiger partial charge is 0.339 e. The molecule has 0 saturated carbocycles. The van der Waals surface area contributed by atoms with Crippen molar-refractivity contribution in [3.63, 3.8) is 0 Å². The van der Waals surface area contributed by atoms with Crippen LogP contribution in [0.2, 0.25) is 0 Å². The number of nitrogens with zero attached hydrogens (tertiary/aromatic N) is 2. The highest BCUT2D eigenvalue weighted by Crippen LogP contribution is 2.25. The third-order valence-corrected chi connectivity index (χ3v) is 4.63. The van der Waals surface area contributed by atoms with Gasteiger partial charge in [-0.3, -0.25) is 0 Å². The Hall–Kier alpha value is -3.06. The van der Waals surface area contributed by atoms with Crippen LogP contribution in [0.3, 0.4) is 0 Å². The Morgan fingerprint density at radius 3 is 2.61 bits per heavy atom. The van der Waals surface area contributed by atoms with Crippen LogP contribution in [0.5, 0.6) is 5.88 Å². The summed E-state index contributed by atoms with van der Waals surface area (Å²) in [6, 6.07) is 11.0. The third-order valence-electron chi connectivity index (χ3n) is 4.63. The zero-order valence-corrected chi connectivity index (χ0v) is 16.1. The molecule has 2 aromatic rings. The van der Waals surface area contributed by atoms with Crippen LogP contribution >= 0.6 is 0 Å². The molecule has 0 bridgehead atoms. The van der Waals surface area contributed by atoms with Crippen LogP contribution in [0.15, 0.2) is 48.4 Å². The van der Waals surface area contributed by atoms with E-state index < -0.39 is 5.97 Å². The average molecular weight is 384 g/mol. The van der Waals surface area contributed by atoms with E-state index in [2.05, 4.69) is 9.88 Å². The van der Waals surface area contributed by atoms with E-state index in [1.807, 2.05) is 24.3 Å². The number of carboxylic acid groups (broad SMARTS) is 1. The summed E-state index contributed by atoms with van der Waals surface area (Å²) in [4.78, 5) is 18.3. The first-order valence-electron chi connectivity index (χ1n) is 9.08. The standard InChI is InChI=1S/C21H24N2O5/c1-15(26-2)20(21(24)25)18-6-4-3-5-16(18)14-28-19-8-7-17(13-22-19)23-9-11-27-12-10-23/h3-8,13H,9-12,14H2,1-2H3,(H,24,25)/b20-15+. The molecule has 1 N–H and O–H groups in total. The van der Waals surface area contributed by atoms with E-state index in [9.17, 15) is 9.90 Å². The second-order valence-electron chi connectivity index (χ2n) is 6.34. The number of rotatable bonds is 7. The number of benzene rings is 1. The Kier molecular flexibility index (Phi) is 6.49. The summed E-state index contributed by atoms with van der Waals surface area (Å²) >= 11 is 0. The number of carbonyl (C=O) groups is 1. The maximum absolute atomic E-state index is 11.7. The minimum Gasteiger partial charge on any atom is -0.500 e. The molecule has 0 radical (unpaired) electrons. The first kappa shape index (κ1) is 19.7. The van der Waals surface area contributed by atoms with Gasteiger partial charge in [-0.25, -0.2) is 9.78 Å². The Balaban J connectivity index is 1.74. The lowest BCUT2D eigenvalue weighted by atomic mass is 9.99. The van der Waals surface area contributed by atoms with Gasteiger partial charge in [0.25, 0.3) is 0 Å². The summed E-state index contributed by atoms with van der Waals surface area (Å²) in [5.74, 6) is -0.219. The van der Waals surface area contributed by atoms with E-state index in [0.717, 1.165) is 37.6 Å². The van der Waals surface area contributed by atoms with Crippen molar-refractivity contribution in [2.24, 2.45) is 0 Å². The average Bonchev–Trinajstić information content (AvgIpc) is 2.74. The van der Waals surface area contributed by atoms with Gasteiger partial charge in [0.2, 0.25) is 5.88 Å². The molecule has 7 heteroatoms. The molecule has 7 nitrogen and oxygen atoms in total. The number of pyridine rings is 1. The van der Waals surface area contributed by atoms with E-state index in [-0.39, 0.29) is 12.2 Å². The van der Waals surface area contributed by atoms with E-state index in [1.165, 1.54) is 7.11 Å². The fourth-order valence-corrected chi connectivity index (χ4v) is 3.07. The summed E-state index contributed by atoms with van der Waals surface area (Å²) in [6.07, 6.45) is 1.78. The van der Waals surface area contributed by atoms with Gasteiger partial charge >= 0.3 is 5.97 Å². The number of ether oxygens (including phenoxy) is 3. The lowest BCUT2D eigenvalue weighted by molar-refractivity contribution is -0.130. The number of allylic oxidation sites excluding steroid dienone is 1. The van der Waals surface area contributed by atoms with Crippen LogP contribution in [-0.4, -0.2) is 49.5 Å². The van der Waals surface area contributed by atoms with Crippen molar-refractivity contribution in [3.05, 3.63) is 59.5 Å². The Morgan fingerprint density at radius 1 is 1.21 bits per heavy atom. The van der Waals surface area contributed by atoms with Crippen molar-refractivity contribution in [1.82, 2.24) is 4.98 Å². The normalized spacial score (nSPS) is 15.0. The molecular weight excluding hydrogens is 360 g/mol. The van der Waals surface area contributed by atoms with Gasteiger partial charge in [-0.1, -0.05) is 24.3 Å². The molecule has 1 aromatic heterocycles. The zero-order valence-electron chi connectivity index (χ0n) is 16.1. The minimum atomic E-state index is -1.04. The quantitative estimate of drug-likeness (QED) is 0.581. The van der Waals surface area contributed by atoms with Gasteiger partial charge in [0.1, 0.15) is 17.9 Å². The third kappa shape index (κ3) is 4.61. The van der Waals surface area contributed by atoms with Crippen molar-refractivity contribution in [1.29, 1.82) is 0 Å². The summed E-state index contributed by atoms with van der Waals surface area (Å²) in [5, 5.41) is 9.59. The molecule has 0 spiro atoms. The van der Waals surface area contributed by atoms with Gasteiger partial charge < -0.3 is 24.2 Å². The van der Waals surface area contributed by atoms with Crippen LogP contribution < -0.4 is 9.64 Å². The van der Waals surface area contributed by atoms with E-state index in [1.54, 1.807) is 25.3 Å². The predicted molar refractivity (Wildman–Crippen MR) is 105 cm³/mol. The fraction of sp³-hybridized carbons (Fsp3) is 0.333. The van der Waals surface area contributed by atoms with Crippen molar-refractivity contribution in [2.75, 3.05) is 38.3 Å². The largest absolute Gasteiger partial charge is 0.500 e. The van der Waals surface area contributed by atoms with Gasteiger partial charge in [0, 0.05) is 19.2 Å². The maximum Gasteiger partial charge on any atom is 0.339 e. The summed E-state index contributed by atoms with van der Waals surface area (Å²) in [7, 11) is 1.46. The fourth-order valence-electron chi connectivity index (χ4n) is 3.07. The zero-order chi connectivity index (χ0) is 19.9. The molecular formula is C21H24N2O5. The molecule has 28 heavy (non-hydrogen) atoms. The minimum absolute atomic E-state index is 0.123. The second kappa shape index (κ2) is 9.23. The van der Waals surface area contributed by atoms with E-state index in [4.69, 9.17) is 14.2 Å². The van der Waals surface area contributed by atoms with E-state index in [0.29, 0.717) is 17.2 Å².